The third kappa shape index (κ3) is 4.91. The largest absolute Gasteiger partial charge is 0.497 e. The fraction of sp³-hybridized carbons (Fsp3) is 0.533. The van der Waals surface area contributed by atoms with E-state index in [4.69, 9.17) is 9.84 Å². The lowest BCUT2D eigenvalue weighted by molar-refractivity contribution is -0.140. The monoisotopic (exact) mass is 265 g/mol. The van der Waals surface area contributed by atoms with Crippen LogP contribution in [0, 0.1) is 5.92 Å². The lowest BCUT2D eigenvalue weighted by Gasteiger charge is -2.20. The summed E-state index contributed by atoms with van der Waals surface area (Å²) in [5.41, 5.74) is 1.17. The minimum atomic E-state index is -0.774. The first-order valence-corrected chi connectivity index (χ1v) is 6.67. The molecular formula is C15H23NO3. The summed E-state index contributed by atoms with van der Waals surface area (Å²) in [6, 6.07) is 7.36. The van der Waals surface area contributed by atoms with E-state index in [1.807, 2.05) is 38.1 Å². The first-order chi connectivity index (χ1) is 9.08. The number of benzene rings is 1. The van der Waals surface area contributed by atoms with Gasteiger partial charge in [0.25, 0.3) is 0 Å². The first-order valence-electron chi connectivity index (χ1n) is 6.67. The molecule has 4 nitrogen and oxygen atoms in total. The Morgan fingerprint density at radius 1 is 1.37 bits per heavy atom. The third-order valence-corrected chi connectivity index (χ3v) is 3.42. The van der Waals surface area contributed by atoms with Crippen molar-refractivity contribution in [1.29, 1.82) is 0 Å². The number of carbonyl (C=O) groups is 1. The maximum absolute atomic E-state index is 11.1. The van der Waals surface area contributed by atoms with Crippen LogP contribution < -0.4 is 10.1 Å². The van der Waals surface area contributed by atoms with Gasteiger partial charge in [0.15, 0.2) is 0 Å². The number of hydrogen-bond donors (Lipinski definition) is 2. The van der Waals surface area contributed by atoms with Crippen LogP contribution in [0.2, 0.25) is 0 Å². The van der Waals surface area contributed by atoms with Gasteiger partial charge in [-0.25, -0.2) is 0 Å². The van der Waals surface area contributed by atoms with E-state index < -0.39 is 12.0 Å². The molecule has 0 saturated heterocycles. The summed E-state index contributed by atoms with van der Waals surface area (Å²) in [5.74, 6) is 0.192. The molecular weight excluding hydrogens is 242 g/mol. The van der Waals surface area contributed by atoms with Gasteiger partial charge in [-0.05, 0) is 36.6 Å². The van der Waals surface area contributed by atoms with Gasteiger partial charge in [0.05, 0.1) is 7.11 Å². The fourth-order valence-corrected chi connectivity index (χ4v) is 1.93. The van der Waals surface area contributed by atoms with Gasteiger partial charge >= 0.3 is 5.97 Å². The van der Waals surface area contributed by atoms with Crippen molar-refractivity contribution in [1.82, 2.24) is 5.32 Å². The summed E-state index contributed by atoms with van der Waals surface area (Å²) in [7, 11) is 1.64. The van der Waals surface area contributed by atoms with E-state index >= 15 is 0 Å². The first kappa shape index (κ1) is 15.5. The van der Waals surface area contributed by atoms with Crippen LogP contribution in [0.15, 0.2) is 24.3 Å². The predicted molar refractivity (Wildman–Crippen MR) is 75.6 cm³/mol. The Bertz CT molecular complexity index is 389. The molecule has 0 aromatic heterocycles. The van der Waals surface area contributed by atoms with E-state index in [1.165, 1.54) is 5.56 Å². The van der Waals surface area contributed by atoms with E-state index in [9.17, 15) is 4.79 Å². The number of carboxylic acids is 1. The molecule has 4 heteroatoms. The molecule has 1 aromatic carbocycles. The Labute approximate surface area is 114 Å². The van der Waals surface area contributed by atoms with Gasteiger partial charge in [-0.3, -0.25) is 4.79 Å². The average molecular weight is 265 g/mol. The number of hydrogen-bond acceptors (Lipinski definition) is 3. The van der Waals surface area contributed by atoms with Crippen molar-refractivity contribution in [2.24, 2.45) is 5.92 Å². The summed E-state index contributed by atoms with van der Waals surface area (Å²) in [5, 5.41) is 12.3. The van der Waals surface area contributed by atoms with Gasteiger partial charge < -0.3 is 15.2 Å². The highest BCUT2D eigenvalue weighted by atomic mass is 16.5. The summed E-state index contributed by atoms with van der Waals surface area (Å²) in [4.78, 5) is 11.1. The molecule has 0 amide bonds. The molecule has 2 N–H and O–H groups in total. The Balaban J connectivity index is 2.44. The normalized spacial score (nSPS) is 13.8. The summed E-state index contributed by atoms with van der Waals surface area (Å²) < 4.78 is 5.10. The van der Waals surface area contributed by atoms with E-state index in [0.29, 0.717) is 6.54 Å². The van der Waals surface area contributed by atoms with Gasteiger partial charge in [0.1, 0.15) is 11.8 Å². The molecule has 0 aliphatic rings. The topological polar surface area (TPSA) is 58.6 Å². The third-order valence-electron chi connectivity index (χ3n) is 3.42. The molecule has 2 atom stereocenters. The van der Waals surface area contributed by atoms with Crippen LogP contribution in [0.5, 0.6) is 5.75 Å². The zero-order chi connectivity index (χ0) is 14.3. The van der Waals surface area contributed by atoms with E-state index in [2.05, 4.69) is 5.32 Å². The number of aliphatic carboxylic acids is 1. The zero-order valence-electron chi connectivity index (χ0n) is 11.8. The Morgan fingerprint density at radius 3 is 2.47 bits per heavy atom. The summed E-state index contributed by atoms with van der Waals surface area (Å²) in [6.45, 7) is 4.62. The zero-order valence-corrected chi connectivity index (χ0v) is 11.8. The molecule has 1 aromatic rings. The summed E-state index contributed by atoms with van der Waals surface area (Å²) >= 11 is 0. The van der Waals surface area contributed by atoms with Gasteiger partial charge in [-0.15, -0.1) is 0 Å². The molecule has 1 rings (SSSR count). The van der Waals surface area contributed by atoms with E-state index in [-0.39, 0.29) is 5.92 Å². The molecule has 0 fully saturated rings. The Morgan fingerprint density at radius 2 is 2.00 bits per heavy atom. The second-order valence-corrected chi connectivity index (χ2v) is 4.75. The van der Waals surface area contributed by atoms with Crippen LogP contribution >= 0.6 is 0 Å². The number of rotatable bonds is 8. The van der Waals surface area contributed by atoms with Crippen LogP contribution in [0.1, 0.15) is 25.8 Å². The second kappa shape index (κ2) is 7.79. The lowest BCUT2D eigenvalue weighted by Crippen LogP contribution is -2.42. The number of carboxylic acid groups (broad SMARTS) is 1. The number of ether oxygens (including phenoxy) is 1. The molecule has 19 heavy (non-hydrogen) atoms. The molecule has 0 unspecified atom stereocenters. The van der Waals surface area contributed by atoms with Crippen molar-refractivity contribution >= 4 is 5.97 Å². The van der Waals surface area contributed by atoms with Crippen LogP contribution in [0.3, 0.4) is 0 Å². The Hall–Kier alpha value is -1.55. The molecule has 0 bridgehead atoms. The van der Waals surface area contributed by atoms with Crippen LogP contribution in [-0.2, 0) is 11.2 Å². The van der Waals surface area contributed by atoms with Gasteiger partial charge in [-0.2, -0.15) is 0 Å². The summed E-state index contributed by atoms with van der Waals surface area (Å²) in [6.07, 6.45) is 1.66. The number of nitrogens with one attached hydrogen (secondary N) is 1. The van der Waals surface area contributed by atoms with Gasteiger partial charge in [-0.1, -0.05) is 32.4 Å². The highest BCUT2D eigenvalue weighted by molar-refractivity contribution is 5.73. The van der Waals surface area contributed by atoms with E-state index in [1.54, 1.807) is 7.11 Å². The average Bonchev–Trinajstić information content (AvgIpc) is 2.43. The molecule has 0 spiro atoms. The van der Waals surface area contributed by atoms with Crippen LogP contribution in [0.4, 0.5) is 0 Å². The van der Waals surface area contributed by atoms with Crippen molar-refractivity contribution in [2.75, 3.05) is 13.7 Å². The highest BCUT2D eigenvalue weighted by Gasteiger charge is 2.22. The molecule has 0 aliphatic carbocycles. The SMILES string of the molecule is CC[C@H](C)[C@H](NCCc1ccc(OC)cc1)C(=O)O. The molecule has 0 heterocycles. The molecule has 0 aliphatic heterocycles. The highest BCUT2D eigenvalue weighted by Crippen LogP contribution is 2.12. The van der Waals surface area contributed by atoms with Crippen molar-refractivity contribution in [3.05, 3.63) is 29.8 Å². The minimum Gasteiger partial charge on any atom is -0.497 e. The quantitative estimate of drug-likeness (QED) is 0.757. The second-order valence-electron chi connectivity index (χ2n) is 4.75. The predicted octanol–water partition coefficient (Wildman–Crippen LogP) is 2.33. The van der Waals surface area contributed by atoms with Crippen LogP contribution in [-0.4, -0.2) is 30.8 Å². The van der Waals surface area contributed by atoms with Crippen molar-refractivity contribution in [3.63, 3.8) is 0 Å². The number of methoxy groups -OCH3 is 1. The molecule has 0 saturated carbocycles. The smallest absolute Gasteiger partial charge is 0.320 e. The Kier molecular flexibility index (Phi) is 6.36. The van der Waals surface area contributed by atoms with Crippen LogP contribution in [0.25, 0.3) is 0 Å². The van der Waals surface area contributed by atoms with Crippen molar-refractivity contribution in [2.45, 2.75) is 32.7 Å². The maximum atomic E-state index is 11.1. The standard InChI is InChI=1S/C15H23NO3/c1-4-11(2)14(15(17)18)16-10-9-12-5-7-13(19-3)8-6-12/h5-8,11,14,16H,4,9-10H2,1-3H3,(H,17,18)/t11-,14-/m0/s1. The lowest BCUT2D eigenvalue weighted by atomic mass is 9.99. The molecule has 106 valence electrons. The van der Waals surface area contributed by atoms with Crippen molar-refractivity contribution in [3.8, 4) is 5.75 Å². The van der Waals surface area contributed by atoms with Gasteiger partial charge in [0, 0.05) is 0 Å². The van der Waals surface area contributed by atoms with Gasteiger partial charge in [0.2, 0.25) is 0 Å². The fourth-order valence-electron chi connectivity index (χ4n) is 1.93. The minimum absolute atomic E-state index is 0.133. The van der Waals surface area contributed by atoms with E-state index in [0.717, 1.165) is 18.6 Å². The molecule has 0 radical (unpaired) electrons. The van der Waals surface area contributed by atoms with Crippen molar-refractivity contribution < 1.29 is 14.6 Å². The maximum Gasteiger partial charge on any atom is 0.320 e.